The van der Waals surface area contributed by atoms with Gasteiger partial charge in [-0.05, 0) is 58.0 Å². The Kier molecular flexibility index (Phi) is 5.53. The number of nitrogens with one attached hydrogen (secondary N) is 1. The van der Waals surface area contributed by atoms with Crippen LogP contribution >= 0.6 is 0 Å². The molecule has 4 aromatic rings. The summed E-state index contributed by atoms with van der Waals surface area (Å²) in [5, 5.41) is 11.2. The van der Waals surface area contributed by atoms with E-state index in [1.807, 2.05) is 45.9 Å². The van der Waals surface area contributed by atoms with Gasteiger partial charge >= 0.3 is 0 Å². The molecular weight excluding hydrogens is 394 g/mol. The van der Waals surface area contributed by atoms with Gasteiger partial charge < -0.3 is 14.6 Å². The van der Waals surface area contributed by atoms with Gasteiger partial charge in [0.1, 0.15) is 18.1 Å². The normalized spacial score (nSPS) is 10.8. The van der Waals surface area contributed by atoms with Gasteiger partial charge in [0, 0.05) is 5.69 Å². The Bertz CT molecular complexity index is 1210. The number of benzene rings is 1. The van der Waals surface area contributed by atoms with Crippen LogP contribution in [-0.4, -0.2) is 25.8 Å². The maximum absolute atomic E-state index is 12.9. The largest absolute Gasteiger partial charge is 0.488 e. The Labute approximate surface area is 179 Å². The summed E-state index contributed by atoms with van der Waals surface area (Å²) in [7, 11) is 0. The zero-order valence-corrected chi connectivity index (χ0v) is 17.8. The molecule has 158 valence electrons. The van der Waals surface area contributed by atoms with Gasteiger partial charge in [0.05, 0.1) is 34.4 Å². The van der Waals surface area contributed by atoms with Crippen molar-refractivity contribution in [2.24, 2.45) is 0 Å². The maximum atomic E-state index is 12.9. The van der Waals surface area contributed by atoms with E-state index in [-0.39, 0.29) is 12.5 Å². The number of aryl methyl sites for hydroxylation is 4. The molecule has 4 rings (SSSR count). The van der Waals surface area contributed by atoms with E-state index in [9.17, 15) is 4.79 Å². The van der Waals surface area contributed by atoms with Crippen LogP contribution in [0.1, 0.15) is 38.8 Å². The van der Waals surface area contributed by atoms with Crippen LogP contribution in [0.3, 0.4) is 0 Å². The van der Waals surface area contributed by atoms with Crippen molar-refractivity contribution in [1.82, 2.24) is 19.9 Å². The highest BCUT2D eigenvalue weighted by molar-refractivity contribution is 6.06. The minimum Gasteiger partial charge on any atom is -0.488 e. The Balaban J connectivity index is 1.48. The number of ether oxygens (including phenoxy) is 1. The lowest BCUT2D eigenvalue weighted by Gasteiger charge is -2.12. The SMILES string of the molecule is Cc1cc(C)n(-c2ccc(NC(=O)c3ccccc3OCc3c(C)noc3C)cn2)n1. The molecule has 0 bridgehead atoms. The third-order valence-electron chi connectivity index (χ3n) is 4.92. The third kappa shape index (κ3) is 4.32. The fourth-order valence-corrected chi connectivity index (χ4v) is 3.28. The van der Waals surface area contributed by atoms with E-state index in [4.69, 9.17) is 9.26 Å². The summed E-state index contributed by atoms with van der Waals surface area (Å²) in [4.78, 5) is 17.3. The molecule has 0 unspecified atom stereocenters. The summed E-state index contributed by atoms with van der Waals surface area (Å²) in [6.07, 6.45) is 1.61. The van der Waals surface area contributed by atoms with Crippen molar-refractivity contribution >= 4 is 11.6 Å². The molecule has 8 nitrogen and oxygen atoms in total. The number of hydrogen-bond acceptors (Lipinski definition) is 6. The van der Waals surface area contributed by atoms with Gasteiger partial charge in [-0.2, -0.15) is 5.10 Å². The second-order valence-corrected chi connectivity index (χ2v) is 7.29. The van der Waals surface area contributed by atoms with Gasteiger partial charge in [-0.1, -0.05) is 17.3 Å². The summed E-state index contributed by atoms with van der Waals surface area (Å²) in [5.41, 5.74) is 4.57. The van der Waals surface area contributed by atoms with E-state index in [0.29, 0.717) is 28.6 Å². The number of carbonyl (C=O) groups excluding carboxylic acids is 1. The Morgan fingerprint density at radius 2 is 1.94 bits per heavy atom. The van der Waals surface area contributed by atoms with Crippen LogP contribution in [0.2, 0.25) is 0 Å². The highest BCUT2D eigenvalue weighted by Crippen LogP contribution is 2.23. The lowest BCUT2D eigenvalue weighted by Crippen LogP contribution is -2.14. The molecule has 0 aliphatic carbocycles. The summed E-state index contributed by atoms with van der Waals surface area (Å²) >= 11 is 0. The first-order chi connectivity index (χ1) is 14.9. The van der Waals surface area contributed by atoms with E-state index < -0.39 is 0 Å². The van der Waals surface area contributed by atoms with E-state index in [1.165, 1.54) is 0 Å². The predicted molar refractivity (Wildman–Crippen MR) is 116 cm³/mol. The molecule has 0 saturated carbocycles. The molecule has 1 N–H and O–H groups in total. The molecule has 3 aromatic heterocycles. The topological polar surface area (TPSA) is 95.1 Å². The van der Waals surface area contributed by atoms with Gasteiger partial charge in [0.15, 0.2) is 5.82 Å². The van der Waals surface area contributed by atoms with Gasteiger partial charge in [-0.25, -0.2) is 9.67 Å². The molecule has 0 spiro atoms. The molecule has 0 aliphatic heterocycles. The first-order valence-electron chi connectivity index (χ1n) is 9.87. The fourth-order valence-electron chi connectivity index (χ4n) is 3.28. The second kappa shape index (κ2) is 8.43. The van der Waals surface area contributed by atoms with Crippen molar-refractivity contribution in [3.63, 3.8) is 0 Å². The van der Waals surface area contributed by atoms with Gasteiger partial charge in [0.25, 0.3) is 5.91 Å². The minimum absolute atomic E-state index is 0.268. The van der Waals surface area contributed by atoms with Crippen molar-refractivity contribution in [3.05, 3.63) is 82.6 Å². The van der Waals surface area contributed by atoms with E-state index in [2.05, 4.69) is 20.6 Å². The molecular formula is C23H23N5O3. The summed E-state index contributed by atoms with van der Waals surface area (Å²) in [6, 6.07) is 12.7. The predicted octanol–water partition coefficient (Wildman–Crippen LogP) is 4.32. The average Bonchev–Trinajstić information content (AvgIpc) is 3.27. The zero-order chi connectivity index (χ0) is 22.0. The Morgan fingerprint density at radius 3 is 2.58 bits per heavy atom. The first-order valence-corrected chi connectivity index (χ1v) is 9.87. The molecule has 1 aromatic carbocycles. The second-order valence-electron chi connectivity index (χ2n) is 7.29. The number of anilines is 1. The minimum atomic E-state index is -0.282. The van der Waals surface area contributed by atoms with Crippen molar-refractivity contribution in [2.75, 3.05) is 5.32 Å². The fraction of sp³-hybridized carbons (Fsp3) is 0.217. The molecule has 1 amide bonds. The zero-order valence-electron chi connectivity index (χ0n) is 17.8. The molecule has 8 heteroatoms. The molecule has 0 fully saturated rings. The van der Waals surface area contributed by atoms with E-state index in [0.717, 1.165) is 22.6 Å². The number of aromatic nitrogens is 4. The van der Waals surface area contributed by atoms with Crippen LogP contribution in [0, 0.1) is 27.7 Å². The third-order valence-corrected chi connectivity index (χ3v) is 4.92. The van der Waals surface area contributed by atoms with Crippen molar-refractivity contribution in [3.8, 4) is 11.6 Å². The number of carbonyl (C=O) groups is 1. The molecule has 0 aliphatic rings. The summed E-state index contributed by atoms with van der Waals surface area (Å²) in [5.74, 6) is 1.59. The Morgan fingerprint density at radius 1 is 1.13 bits per heavy atom. The number of amides is 1. The van der Waals surface area contributed by atoms with Crippen LogP contribution in [0.4, 0.5) is 5.69 Å². The molecule has 0 radical (unpaired) electrons. The number of rotatable bonds is 6. The van der Waals surface area contributed by atoms with Crippen LogP contribution in [0.5, 0.6) is 5.75 Å². The quantitative estimate of drug-likeness (QED) is 0.502. The number of para-hydroxylation sites is 1. The smallest absolute Gasteiger partial charge is 0.259 e. The monoisotopic (exact) mass is 417 g/mol. The summed E-state index contributed by atoms with van der Waals surface area (Å²) < 4.78 is 12.8. The molecule has 0 saturated heterocycles. The Hall–Kier alpha value is -3.94. The van der Waals surface area contributed by atoms with Crippen molar-refractivity contribution < 1.29 is 14.1 Å². The highest BCUT2D eigenvalue weighted by Gasteiger charge is 2.15. The van der Waals surface area contributed by atoms with Crippen LogP contribution in [0.25, 0.3) is 5.82 Å². The van der Waals surface area contributed by atoms with Crippen LogP contribution in [-0.2, 0) is 6.61 Å². The molecule has 31 heavy (non-hydrogen) atoms. The van der Waals surface area contributed by atoms with Crippen LogP contribution in [0.15, 0.2) is 53.2 Å². The number of pyridine rings is 1. The van der Waals surface area contributed by atoms with Gasteiger partial charge in [-0.15, -0.1) is 0 Å². The first kappa shape index (κ1) is 20.3. The van der Waals surface area contributed by atoms with Gasteiger partial charge in [-0.3, -0.25) is 4.79 Å². The standard InChI is InChI=1S/C23H23N5O3/c1-14-11-15(2)28(26-14)22-10-9-18(12-24-22)25-23(29)19-7-5-6-8-21(19)30-13-20-16(3)27-31-17(20)4/h5-12H,13H2,1-4H3,(H,25,29). The molecule has 3 heterocycles. The highest BCUT2D eigenvalue weighted by atomic mass is 16.5. The summed E-state index contributed by atoms with van der Waals surface area (Å²) in [6.45, 7) is 7.86. The van der Waals surface area contributed by atoms with Gasteiger partial charge in [0.2, 0.25) is 0 Å². The van der Waals surface area contributed by atoms with Crippen molar-refractivity contribution in [1.29, 1.82) is 0 Å². The lowest BCUT2D eigenvalue weighted by molar-refractivity contribution is 0.102. The number of hydrogen-bond donors (Lipinski definition) is 1. The number of nitrogens with zero attached hydrogens (tertiary/aromatic N) is 4. The lowest BCUT2D eigenvalue weighted by atomic mass is 10.1. The van der Waals surface area contributed by atoms with Crippen molar-refractivity contribution in [2.45, 2.75) is 34.3 Å². The van der Waals surface area contributed by atoms with E-state index >= 15 is 0 Å². The van der Waals surface area contributed by atoms with Crippen LogP contribution < -0.4 is 10.1 Å². The average molecular weight is 417 g/mol. The van der Waals surface area contributed by atoms with E-state index in [1.54, 1.807) is 35.1 Å². The maximum Gasteiger partial charge on any atom is 0.259 e. The molecule has 0 atom stereocenters.